The third kappa shape index (κ3) is 2.23. The molecule has 2 aromatic carbocycles. The zero-order chi connectivity index (χ0) is 19.6. The molecule has 0 saturated carbocycles. The van der Waals surface area contributed by atoms with Crippen molar-refractivity contribution in [2.24, 2.45) is 11.8 Å². The fourth-order valence-electron chi connectivity index (χ4n) is 4.89. The van der Waals surface area contributed by atoms with Crippen molar-refractivity contribution >= 4 is 41.0 Å². The Hall–Kier alpha value is -2.92. The number of nitrogens with zero attached hydrogens (tertiary/aromatic N) is 2. The minimum atomic E-state index is -0.704. The Morgan fingerprint density at radius 2 is 1.75 bits per heavy atom. The quantitative estimate of drug-likeness (QED) is 0.734. The van der Waals surface area contributed by atoms with E-state index in [1.807, 2.05) is 41.4 Å². The molecule has 0 unspecified atom stereocenters. The number of hydrogen-bond donors (Lipinski definition) is 0. The maximum Gasteiger partial charge on any atom is 0.240 e. The van der Waals surface area contributed by atoms with Crippen molar-refractivity contribution in [2.75, 3.05) is 4.90 Å². The molecule has 140 valence electrons. The van der Waals surface area contributed by atoms with Crippen molar-refractivity contribution in [2.45, 2.75) is 19.0 Å². The summed E-state index contributed by atoms with van der Waals surface area (Å²) in [5, 5.41) is 0.450. The summed E-state index contributed by atoms with van der Waals surface area (Å²) < 4.78 is 0. The Balaban J connectivity index is 1.66. The second-order valence-electron chi connectivity index (χ2n) is 7.44. The second kappa shape index (κ2) is 6.04. The van der Waals surface area contributed by atoms with Crippen LogP contribution in [0.15, 0.2) is 54.7 Å². The molecule has 4 atom stereocenters. The number of ketones is 1. The lowest BCUT2D eigenvalue weighted by molar-refractivity contribution is -0.129. The van der Waals surface area contributed by atoms with Crippen molar-refractivity contribution in [1.29, 1.82) is 0 Å². The highest BCUT2D eigenvalue weighted by Gasteiger charge is 2.63. The number of carbonyl (C=O) groups is 3. The van der Waals surface area contributed by atoms with Gasteiger partial charge in [-0.1, -0.05) is 41.9 Å². The lowest BCUT2D eigenvalue weighted by atomic mass is 9.84. The van der Waals surface area contributed by atoms with E-state index in [-0.39, 0.29) is 23.6 Å². The van der Waals surface area contributed by atoms with Gasteiger partial charge in [-0.05, 0) is 42.3 Å². The van der Waals surface area contributed by atoms with Gasteiger partial charge in [0.1, 0.15) is 0 Å². The van der Waals surface area contributed by atoms with Crippen molar-refractivity contribution < 1.29 is 14.4 Å². The zero-order valence-electron chi connectivity index (χ0n) is 15.1. The summed E-state index contributed by atoms with van der Waals surface area (Å²) in [6, 6.07) is 13.5. The van der Waals surface area contributed by atoms with E-state index in [2.05, 4.69) is 0 Å². The number of Topliss-reactive ketones (excluding diaryl/α,β-unsaturated/α-hetero) is 1. The van der Waals surface area contributed by atoms with E-state index in [1.54, 1.807) is 24.3 Å². The van der Waals surface area contributed by atoms with Gasteiger partial charge in [0, 0.05) is 11.2 Å². The SMILES string of the molecule is CC(=O)[C@@H]1[C@@H]2C(=O)N(c3cccc(Cl)c3)C(=O)[C@@H]2[C@H]2c3ccccc3C=CN12. The van der Waals surface area contributed by atoms with Crippen LogP contribution < -0.4 is 4.90 Å². The van der Waals surface area contributed by atoms with Crippen LogP contribution in [0.4, 0.5) is 5.69 Å². The molecule has 2 amide bonds. The van der Waals surface area contributed by atoms with Crippen LogP contribution in [0.1, 0.15) is 24.1 Å². The normalized spacial score (nSPS) is 27.6. The van der Waals surface area contributed by atoms with Crippen LogP contribution >= 0.6 is 11.6 Å². The van der Waals surface area contributed by atoms with Gasteiger partial charge in [-0.25, -0.2) is 4.90 Å². The number of fused-ring (bicyclic) bond motifs is 5. The highest BCUT2D eigenvalue weighted by Crippen LogP contribution is 2.53. The summed E-state index contributed by atoms with van der Waals surface area (Å²) in [5.74, 6) is -2.04. The number of hydrogen-bond acceptors (Lipinski definition) is 4. The lowest BCUT2D eigenvalue weighted by Gasteiger charge is -2.34. The molecule has 3 heterocycles. The number of carbonyl (C=O) groups excluding carboxylic acids is 3. The van der Waals surface area contributed by atoms with Crippen LogP contribution in [0, 0.1) is 11.8 Å². The largest absolute Gasteiger partial charge is 0.359 e. The van der Waals surface area contributed by atoms with Crippen LogP contribution in [0.2, 0.25) is 5.02 Å². The van der Waals surface area contributed by atoms with Gasteiger partial charge in [-0.15, -0.1) is 0 Å². The molecule has 0 aliphatic carbocycles. The molecule has 6 heteroatoms. The number of benzene rings is 2. The number of rotatable bonds is 2. The molecule has 2 fully saturated rings. The topological polar surface area (TPSA) is 57.7 Å². The summed E-state index contributed by atoms with van der Waals surface area (Å²) in [6.07, 6.45) is 3.79. The molecular formula is C22H17ClN2O3. The van der Waals surface area contributed by atoms with Gasteiger partial charge in [-0.2, -0.15) is 0 Å². The first-order chi connectivity index (χ1) is 13.5. The fraction of sp³-hybridized carbons (Fsp3) is 0.227. The Morgan fingerprint density at radius 1 is 1.00 bits per heavy atom. The summed E-state index contributed by atoms with van der Waals surface area (Å²) in [5.41, 5.74) is 2.43. The first kappa shape index (κ1) is 17.2. The zero-order valence-corrected chi connectivity index (χ0v) is 15.8. The molecule has 0 N–H and O–H groups in total. The van der Waals surface area contributed by atoms with Gasteiger partial charge >= 0.3 is 0 Å². The second-order valence-corrected chi connectivity index (χ2v) is 7.87. The predicted octanol–water partition coefficient (Wildman–Crippen LogP) is 3.44. The van der Waals surface area contributed by atoms with E-state index in [0.717, 1.165) is 11.1 Å². The molecular weight excluding hydrogens is 376 g/mol. The monoisotopic (exact) mass is 392 g/mol. The third-order valence-corrected chi connectivity index (χ3v) is 6.18. The van der Waals surface area contributed by atoms with E-state index >= 15 is 0 Å². The summed E-state index contributed by atoms with van der Waals surface area (Å²) in [7, 11) is 0. The molecule has 0 radical (unpaired) electrons. The van der Waals surface area contributed by atoms with E-state index in [4.69, 9.17) is 11.6 Å². The molecule has 28 heavy (non-hydrogen) atoms. The summed E-state index contributed by atoms with van der Waals surface area (Å²) >= 11 is 6.08. The van der Waals surface area contributed by atoms with Crippen LogP contribution in [-0.2, 0) is 14.4 Å². The highest BCUT2D eigenvalue weighted by molar-refractivity contribution is 6.31. The van der Waals surface area contributed by atoms with E-state index < -0.39 is 17.9 Å². The molecule has 2 aromatic rings. The molecule has 2 saturated heterocycles. The highest BCUT2D eigenvalue weighted by atomic mass is 35.5. The number of halogens is 1. The van der Waals surface area contributed by atoms with Gasteiger partial charge in [0.05, 0.1) is 29.6 Å². The van der Waals surface area contributed by atoms with Gasteiger partial charge in [0.15, 0.2) is 5.78 Å². The molecule has 0 aromatic heterocycles. The van der Waals surface area contributed by atoms with E-state index in [0.29, 0.717) is 10.7 Å². The molecule has 3 aliphatic rings. The molecule has 0 spiro atoms. The molecule has 0 bridgehead atoms. The molecule has 5 nitrogen and oxygen atoms in total. The number of imide groups is 1. The van der Waals surface area contributed by atoms with Gasteiger partial charge in [0.2, 0.25) is 11.8 Å². The third-order valence-electron chi connectivity index (χ3n) is 5.94. The van der Waals surface area contributed by atoms with Crippen molar-refractivity contribution in [3.05, 3.63) is 70.9 Å². The minimum Gasteiger partial charge on any atom is -0.359 e. The van der Waals surface area contributed by atoms with Crippen LogP contribution in [0.5, 0.6) is 0 Å². The maximum atomic E-state index is 13.4. The molecule has 5 rings (SSSR count). The standard InChI is InChI=1S/C22H17ClN2O3/c1-12(26)19-17-18(20-16-8-3-2-5-13(16)9-10-24(19)20)22(28)25(21(17)27)15-7-4-6-14(23)11-15/h2-11,17-20H,1H3/t17-,18+,19-,20-/m1/s1. The summed E-state index contributed by atoms with van der Waals surface area (Å²) in [6.45, 7) is 1.48. The lowest BCUT2D eigenvalue weighted by Crippen LogP contribution is -2.43. The van der Waals surface area contributed by atoms with Crippen molar-refractivity contribution in [3.63, 3.8) is 0 Å². The Bertz CT molecular complexity index is 1060. The van der Waals surface area contributed by atoms with Crippen molar-refractivity contribution in [1.82, 2.24) is 4.90 Å². The van der Waals surface area contributed by atoms with Crippen LogP contribution in [0.3, 0.4) is 0 Å². The Kier molecular flexibility index (Phi) is 3.71. The fourth-order valence-corrected chi connectivity index (χ4v) is 5.08. The minimum absolute atomic E-state index is 0.115. The number of anilines is 1. The first-order valence-corrected chi connectivity index (χ1v) is 9.55. The van der Waals surface area contributed by atoms with E-state index in [1.165, 1.54) is 11.8 Å². The van der Waals surface area contributed by atoms with Gasteiger partial charge in [-0.3, -0.25) is 14.4 Å². The van der Waals surface area contributed by atoms with Crippen LogP contribution in [-0.4, -0.2) is 28.5 Å². The predicted molar refractivity (Wildman–Crippen MR) is 105 cm³/mol. The Morgan fingerprint density at radius 3 is 2.50 bits per heavy atom. The van der Waals surface area contributed by atoms with Crippen LogP contribution in [0.25, 0.3) is 6.08 Å². The number of amides is 2. The average molecular weight is 393 g/mol. The van der Waals surface area contributed by atoms with E-state index in [9.17, 15) is 14.4 Å². The maximum absolute atomic E-state index is 13.4. The Labute approximate surface area is 167 Å². The first-order valence-electron chi connectivity index (χ1n) is 9.17. The molecule has 3 aliphatic heterocycles. The van der Waals surface area contributed by atoms with Crippen molar-refractivity contribution in [3.8, 4) is 0 Å². The average Bonchev–Trinajstić information content (AvgIpc) is 3.15. The smallest absolute Gasteiger partial charge is 0.240 e. The van der Waals surface area contributed by atoms with Gasteiger partial charge in [0.25, 0.3) is 0 Å². The van der Waals surface area contributed by atoms with Gasteiger partial charge < -0.3 is 4.90 Å². The summed E-state index contributed by atoms with van der Waals surface area (Å²) in [4.78, 5) is 42.4.